The molecule has 28 heavy (non-hydrogen) atoms. The second kappa shape index (κ2) is 12.0. The predicted molar refractivity (Wildman–Crippen MR) is 108 cm³/mol. The summed E-state index contributed by atoms with van der Waals surface area (Å²) in [5.74, 6) is 0. The maximum atomic E-state index is 3.95. The van der Waals surface area contributed by atoms with Gasteiger partial charge >= 0.3 is 21.7 Å². The standard InChI is InChI=1S/C23H29Si.3ClH.Ti/c1-17-9-11-21(12-10-17)24-23(15-18(2)19(3)20(23)4)16-22(5)13-7-6-8-14-22;;;;/h6-13H,14,16,24H2,1-5H3;3*1H;/q-1;;;;+4/p-3. The molecule has 0 N–H and O–H groups in total. The molecular formula is C23H29Cl3SiTi. The summed E-state index contributed by atoms with van der Waals surface area (Å²) in [7, 11) is -0.499. The van der Waals surface area contributed by atoms with Crippen LogP contribution in [0, 0.1) is 18.4 Å². The molecule has 1 aromatic rings. The molecule has 0 heterocycles. The van der Waals surface area contributed by atoms with Crippen LogP contribution < -0.4 is 42.4 Å². The zero-order valence-corrected chi connectivity index (χ0v) is 22.6. The van der Waals surface area contributed by atoms with Gasteiger partial charge in [0.2, 0.25) is 0 Å². The second-order valence-electron chi connectivity index (χ2n) is 8.07. The van der Waals surface area contributed by atoms with Crippen molar-refractivity contribution in [2.45, 2.75) is 52.5 Å². The molecule has 0 aromatic heterocycles. The van der Waals surface area contributed by atoms with Crippen molar-refractivity contribution in [3.63, 3.8) is 0 Å². The first-order valence-corrected chi connectivity index (χ1v) is 10.5. The van der Waals surface area contributed by atoms with Crippen LogP contribution in [-0.4, -0.2) is 9.52 Å². The van der Waals surface area contributed by atoms with Crippen molar-refractivity contribution in [2.75, 3.05) is 0 Å². The van der Waals surface area contributed by atoms with E-state index in [1.807, 2.05) is 0 Å². The normalized spacial score (nSPS) is 25.5. The molecule has 2 unspecified atom stereocenters. The monoisotopic (exact) mass is 486 g/mol. The minimum Gasteiger partial charge on any atom is -1.00 e. The number of benzene rings is 1. The average molecular weight is 488 g/mol. The first kappa shape index (κ1) is 30.2. The molecule has 0 nitrogen and oxygen atoms in total. The third-order valence-corrected chi connectivity index (χ3v) is 8.37. The van der Waals surface area contributed by atoms with Gasteiger partial charge in [-0.05, 0) is 18.8 Å². The van der Waals surface area contributed by atoms with Gasteiger partial charge in [-0.25, -0.2) is 5.57 Å². The molecule has 0 radical (unpaired) electrons. The Morgan fingerprint density at radius 1 is 0.964 bits per heavy atom. The summed E-state index contributed by atoms with van der Waals surface area (Å²) in [6.45, 7) is 11.5. The van der Waals surface area contributed by atoms with E-state index in [0.717, 1.165) is 6.42 Å². The number of halogens is 3. The topological polar surface area (TPSA) is 0 Å². The molecule has 5 heteroatoms. The Morgan fingerprint density at radius 2 is 1.57 bits per heavy atom. The Balaban J connectivity index is 0. The van der Waals surface area contributed by atoms with E-state index in [1.165, 1.54) is 23.1 Å². The van der Waals surface area contributed by atoms with Crippen LogP contribution in [0.25, 0.3) is 0 Å². The number of aryl methyl sites for hydroxylation is 1. The largest absolute Gasteiger partial charge is 4.00 e. The Hall–Kier alpha value is -0.0188. The van der Waals surface area contributed by atoms with Crippen LogP contribution in [0.1, 0.15) is 46.1 Å². The van der Waals surface area contributed by atoms with Crippen molar-refractivity contribution < 1.29 is 58.9 Å². The Kier molecular flexibility index (Phi) is 12.9. The smallest absolute Gasteiger partial charge is 1.00 e. The third-order valence-electron chi connectivity index (χ3n) is 5.93. The fraction of sp³-hybridized carbons (Fsp3) is 0.391. The number of allylic oxidation sites excluding steroid dienone is 8. The maximum absolute atomic E-state index is 3.95. The van der Waals surface area contributed by atoms with Crippen LogP contribution in [0.3, 0.4) is 0 Å². The van der Waals surface area contributed by atoms with Crippen molar-refractivity contribution in [3.05, 3.63) is 76.9 Å². The van der Waals surface area contributed by atoms with Crippen molar-refractivity contribution in [1.82, 2.24) is 0 Å². The van der Waals surface area contributed by atoms with Crippen LogP contribution >= 0.6 is 0 Å². The van der Waals surface area contributed by atoms with Crippen LogP contribution in [0.2, 0.25) is 5.04 Å². The average Bonchev–Trinajstić information content (AvgIpc) is 2.74. The summed E-state index contributed by atoms with van der Waals surface area (Å²) in [5, 5.41) is 1.71. The van der Waals surface area contributed by atoms with E-state index in [2.05, 4.69) is 89.3 Å². The molecule has 0 bridgehead atoms. The molecule has 2 atom stereocenters. The summed E-state index contributed by atoms with van der Waals surface area (Å²) in [4.78, 5) is 0. The second-order valence-corrected chi connectivity index (χ2v) is 10.4. The van der Waals surface area contributed by atoms with Gasteiger partial charge in [-0.15, -0.1) is 6.92 Å². The molecule has 1 aromatic carbocycles. The van der Waals surface area contributed by atoms with Gasteiger partial charge in [-0.3, -0.25) is 6.08 Å². The fourth-order valence-corrected chi connectivity index (χ4v) is 7.00. The Morgan fingerprint density at radius 3 is 2.04 bits per heavy atom. The van der Waals surface area contributed by atoms with Gasteiger partial charge in [0, 0.05) is 9.52 Å². The van der Waals surface area contributed by atoms with Gasteiger partial charge in [-0.1, -0.05) is 91.6 Å². The van der Waals surface area contributed by atoms with Crippen LogP contribution in [-0.2, 0) is 21.7 Å². The van der Waals surface area contributed by atoms with E-state index < -0.39 is 9.52 Å². The molecule has 0 saturated heterocycles. The molecule has 2 aliphatic rings. The van der Waals surface area contributed by atoms with Crippen molar-refractivity contribution in [3.8, 4) is 0 Å². The van der Waals surface area contributed by atoms with Crippen molar-refractivity contribution in [1.29, 1.82) is 0 Å². The van der Waals surface area contributed by atoms with Gasteiger partial charge in [0.15, 0.2) is 0 Å². The van der Waals surface area contributed by atoms with E-state index in [1.54, 1.807) is 10.8 Å². The minimum absolute atomic E-state index is 0. The molecule has 0 aliphatic heterocycles. The SMILES string of the molecule is CC1=[C-]C(CC2(C)C=CC=CC2)([SiH2]c2ccc(C)cc2)C(C)=C1C.[Cl-].[Cl-].[Cl-].[Ti+4]. The van der Waals surface area contributed by atoms with Crippen LogP contribution in [0.5, 0.6) is 0 Å². The number of hydrogen-bond donors (Lipinski definition) is 0. The molecule has 0 spiro atoms. The molecule has 150 valence electrons. The minimum atomic E-state index is -0.499. The van der Waals surface area contributed by atoms with Gasteiger partial charge in [0.1, 0.15) is 0 Å². The fourth-order valence-electron chi connectivity index (χ4n) is 4.25. The first-order chi connectivity index (χ1) is 11.3. The summed E-state index contributed by atoms with van der Waals surface area (Å²) >= 11 is 0. The molecule has 2 aliphatic carbocycles. The van der Waals surface area contributed by atoms with Gasteiger partial charge < -0.3 is 37.2 Å². The Labute approximate surface area is 207 Å². The molecule has 0 fully saturated rings. The van der Waals surface area contributed by atoms with E-state index in [0.29, 0.717) is 0 Å². The number of hydrogen-bond acceptors (Lipinski definition) is 0. The Bertz CT molecular complexity index is 765. The van der Waals surface area contributed by atoms with Crippen LogP contribution in [0.15, 0.2) is 65.3 Å². The quantitative estimate of drug-likeness (QED) is 0.300. The van der Waals surface area contributed by atoms with Gasteiger partial charge in [-0.2, -0.15) is 11.1 Å². The van der Waals surface area contributed by atoms with E-state index in [-0.39, 0.29) is 69.4 Å². The maximum Gasteiger partial charge on any atom is 4.00 e. The number of rotatable bonds is 4. The summed E-state index contributed by atoms with van der Waals surface area (Å²) in [5.41, 5.74) is 5.99. The molecule has 0 saturated carbocycles. The van der Waals surface area contributed by atoms with Crippen molar-refractivity contribution >= 4 is 14.7 Å². The summed E-state index contributed by atoms with van der Waals surface area (Å²) in [6, 6.07) is 9.22. The molecule has 3 rings (SSSR count). The van der Waals surface area contributed by atoms with E-state index in [9.17, 15) is 0 Å². The van der Waals surface area contributed by atoms with Gasteiger partial charge in [0.25, 0.3) is 0 Å². The molecular weight excluding hydrogens is 459 g/mol. The third kappa shape index (κ3) is 6.49. The summed E-state index contributed by atoms with van der Waals surface area (Å²) < 4.78 is 0. The van der Waals surface area contributed by atoms with Crippen molar-refractivity contribution in [2.24, 2.45) is 5.41 Å². The van der Waals surface area contributed by atoms with E-state index in [4.69, 9.17) is 0 Å². The van der Waals surface area contributed by atoms with Crippen LogP contribution in [0.4, 0.5) is 0 Å². The zero-order valence-electron chi connectivity index (χ0n) is 17.4. The first-order valence-electron chi connectivity index (χ1n) is 9.04. The molecule has 0 amide bonds. The van der Waals surface area contributed by atoms with E-state index >= 15 is 0 Å². The zero-order chi connectivity index (χ0) is 17.4. The summed E-state index contributed by atoms with van der Waals surface area (Å²) in [6.07, 6.45) is 15.4. The predicted octanol–water partition coefficient (Wildman–Crippen LogP) is -4.03. The van der Waals surface area contributed by atoms with Gasteiger partial charge in [0.05, 0.1) is 0 Å².